The zero-order chi connectivity index (χ0) is 9.26. The molecule has 2 aromatic heterocycles. The topological polar surface area (TPSA) is 56.7 Å². The number of hydrogen-bond acceptors (Lipinski definition) is 4. The molecular weight excluding hydrogens is 184 g/mol. The fraction of sp³-hybridized carbons (Fsp3) is 0.250. The highest BCUT2D eigenvalue weighted by atomic mass is 32.1. The van der Waals surface area contributed by atoms with Crippen molar-refractivity contribution in [2.24, 2.45) is 0 Å². The molecule has 0 amide bonds. The first-order valence-corrected chi connectivity index (χ1v) is 4.86. The molecule has 2 N–H and O–H groups in total. The third-order valence-electron chi connectivity index (χ3n) is 1.85. The predicted octanol–water partition coefficient (Wildman–Crippen LogP) is 1.28. The summed E-state index contributed by atoms with van der Waals surface area (Å²) in [6, 6.07) is 0. The molecule has 0 aliphatic heterocycles. The standard InChI is InChI=1S/C8H10N4S/c1-6-3-13-4-7(6)2-12-5-10-8(9)11-12/h3-5H,2H2,1H3,(H2,9,11). The number of aromatic nitrogens is 3. The maximum atomic E-state index is 5.41. The minimum atomic E-state index is 0.327. The third-order valence-corrected chi connectivity index (χ3v) is 2.76. The molecule has 5 heteroatoms. The van der Waals surface area contributed by atoms with Crippen LogP contribution in [0.3, 0.4) is 0 Å². The lowest BCUT2D eigenvalue weighted by Gasteiger charge is -1.98. The smallest absolute Gasteiger partial charge is 0.239 e. The van der Waals surface area contributed by atoms with Crippen LogP contribution in [0.2, 0.25) is 0 Å². The maximum Gasteiger partial charge on any atom is 0.239 e. The van der Waals surface area contributed by atoms with Crippen LogP contribution < -0.4 is 5.73 Å². The Labute approximate surface area is 80.0 Å². The third kappa shape index (κ3) is 1.70. The molecule has 68 valence electrons. The molecule has 0 fully saturated rings. The Morgan fingerprint density at radius 2 is 2.38 bits per heavy atom. The fourth-order valence-corrected chi connectivity index (χ4v) is 1.96. The molecule has 2 rings (SSSR count). The first kappa shape index (κ1) is 8.25. The van der Waals surface area contributed by atoms with Gasteiger partial charge in [0.15, 0.2) is 0 Å². The van der Waals surface area contributed by atoms with Gasteiger partial charge in [0, 0.05) is 0 Å². The summed E-state index contributed by atoms with van der Waals surface area (Å²) in [6.45, 7) is 2.84. The molecule has 0 aliphatic rings. The Morgan fingerprint density at radius 3 is 2.92 bits per heavy atom. The van der Waals surface area contributed by atoms with Crippen LogP contribution in [0.15, 0.2) is 17.1 Å². The Balaban J connectivity index is 2.19. The van der Waals surface area contributed by atoms with Gasteiger partial charge in [0.2, 0.25) is 5.95 Å². The Kier molecular flexibility index (Phi) is 2.02. The number of aryl methyl sites for hydroxylation is 1. The summed E-state index contributed by atoms with van der Waals surface area (Å²) in [5.41, 5.74) is 7.97. The van der Waals surface area contributed by atoms with Crippen LogP contribution in [0.1, 0.15) is 11.1 Å². The molecule has 2 aromatic rings. The van der Waals surface area contributed by atoms with Crippen molar-refractivity contribution in [3.63, 3.8) is 0 Å². The predicted molar refractivity (Wildman–Crippen MR) is 52.6 cm³/mol. The van der Waals surface area contributed by atoms with E-state index in [0.717, 1.165) is 6.54 Å². The maximum absolute atomic E-state index is 5.41. The summed E-state index contributed by atoms with van der Waals surface area (Å²) in [5, 5.41) is 8.25. The first-order valence-electron chi connectivity index (χ1n) is 3.92. The van der Waals surface area contributed by atoms with E-state index in [1.54, 1.807) is 22.3 Å². The molecule has 0 saturated heterocycles. The highest BCUT2D eigenvalue weighted by Crippen LogP contribution is 2.14. The van der Waals surface area contributed by atoms with Gasteiger partial charge < -0.3 is 5.73 Å². The van der Waals surface area contributed by atoms with Gasteiger partial charge in [-0.3, -0.25) is 0 Å². The number of thiophene rings is 1. The van der Waals surface area contributed by atoms with E-state index in [1.807, 2.05) is 0 Å². The van der Waals surface area contributed by atoms with Crippen molar-refractivity contribution in [1.82, 2.24) is 14.8 Å². The molecule has 0 bridgehead atoms. The summed E-state index contributed by atoms with van der Waals surface area (Å²) in [5.74, 6) is 0.327. The van der Waals surface area contributed by atoms with Crippen LogP contribution in [0, 0.1) is 6.92 Å². The number of nitrogen functional groups attached to an aromatic ring is 1. The largest absolute Gasteiger partial charge is 0.367 e. The lowest BCUT2D eigenvalue weighted by Crippen LogP contribution is -2.01. The van der Waals surface area contributed by atoms with Crippen LogP contribution in [0.25, 0.3) is 0 Å². The monoisotopic (exact) mass is 194 g/mol. The fourth-order valence-electron chi connectivity index (χ4n) is 1.11. The molecule has 0 aromatic carbocycles. The van der Waals surface area contributed by atoms with Gasteiger partial charge in [-0.25, -0.2) is 9.67 Å². The average molecular weight is 194 g/mol. The second-order valence-electron chi connectivity index (χ2n) is 2.88. The summed E-state index contributed by atoms with van der Waals surface area (Å²) >= 11 is 1.70. The normalized spacial score (nSPS) is 10.5. The van der Waals surface area contributed by atoms with Crippen molar-refractivity contribution in [3.8, 4) is 0 Å². The van der Waals surface area contributed by atoms with Gasteiger partial charge in [0.25, 0.3) is 0 Å². The van der Waals surface area contributed by atoms with E-state index in [-0.39, 0.29) is 0 Å². The van der Waals surface area contributed by atoms with Crippen molar-refractivity contribution >= 4 is 17.3 Å². The average Bonchev–Trinajstić information content (AvgIpc) is 2.64. The number of nitrogens with zero attached hydrogens (tertiary/aromatic N) is 3. The first-order chi connectivity index (χ1) is 6.25. The van der Waals surface area contributed by atoms with Crippen LogP contribution in [0.5, 0.6) is 0 Å². The number of anilines is 1. The molecule has 0 radical (unpaired) electrons. The van der Waals surface area contributed by atoms with Crippen molar-refractivity contribution < 1.29 is 0 Å². The Bertz CT molecular complexity index is 404. The van der Waals surface area contributed by atoms with Crippen LogP contribution in [0.4, 0.5) is 5.95 Å². The second-order valence-corrected chi connectivity index (χ2v) is 3.62. The summed E-state index contributed by atoms with van der Waals surface area (Å²) < 4.78 is 1.74. The van der Waals surface area contributed by atoms with E-state index in [9.17, 15) is 0 Å². The lowest BCUT2D eigenvalue weighted by molar-refractivity contribution is 0.686. The Morgan fingerprint density at radius 1 is 1.54 bits per heavy atom. The summed E-state index contributed by atoms with van der Waals surface area (Å²) in [4.78, 5) is 3.86. The van der Waals surface area contributed by atoms with Gasteiger partial charge in [-0.05, 0) is 28.8 Å². The highest BCUT2D eigenvalue weighted by Gasteiger charge is 2.01. The summed E-state index contributed by atoms with van der Waals surface area (Å²) in [7, 11) is 0. The molecule has 0 atom stereocenters. The van der Waals surface area contributed by atoms with Gasteiger partial charge in [-0.2, -0.15) is 11.3 Å². The minimum absolute atomic E-state index is 0.327. The SMILES string of the molecule is Cc1cscc1Cn1cnc(N)n1. The molecule has 4 nitrogen and oxygen atoms in total. The van der Waals surface area contributed by atoms with Crippen molar-refractivity contribution in [3.05, 3.63) is 28.2 Å². The van der Waals surface area contributed by atoms with Crippen LogP contribution in [-0.2, 0) is 6.54 Å². The van der Waals surface area contributed by atoms with E-state index in [4.69, 9.17) is 5.73 Å². The molecular formula is C8H10N4S. The Hall–Kier alpha value is -1.36. The summed E-state index contributed by atoms with van der Waals surface area (Å²) in [6.07, 6.45) is 1.65. The zero-order valence-corrected chi connectivity index (χ0v) is 8.08. The van der Waals surface area contributed by atoms with Crippen LogP contribution >= 0.6 is 11.3 Å². The van der Waals surface area contributed by atoms with Crippen molar-refractivity contribution in [1.29, 1.82) is 0 Å². The van der Waals surface area contributed by atoms with E-state index < -0.39 is 0 Å². The second kappa shape index (κ2) is 3.18. The zero-order valence-electron chi connectivity index (χ0n) is 7.27. The molecule has 13 heavy (non-hydrogen) atoms. The molecule has 0 saturated carbocycles. The number of rotatable bonds is 2. The van der Waals surface area contributed by atoms with E-state index in [0.29, 0.717) is 5.95 Å². The van der Waals surface area contributed by atoms with Gasteiger partial charge in [-0.1, -0.05) is 0 Å². The molecule has 0 aliphatic carbocycles. The van der Waals surface area contributed by atoms with Crippen molar-refractivity contribution in [2.75, 3.05) is 5.73 Å². The van der Waals surface area contributed by atoms with Crippen molar-refractivity contribution in [2.45, 2.75) is 13.5 Å². The molecule has 0 unspecified atom stereocenters. The lowest BCUT2D eigenvalue weighted by atomic mass is 10.2. The van der Waals surface area contributed by atoms with E-state index in [2.05, 4.69) is 27.8 Å². The van der Waals surface area contributed by atoms with E-state index >= 15 is 0 Å². The van der Waals surface area contributed by atoms with Gasteiger partial charge in [0.1, 0.15) is 6.33 Å². The highest BCUT2D eigenvalue weighted by molar-refractivity contribution is 7.08. The van der Waals surface area contributed by atoms with Gasteiger partial charge >= 0.3 is 0 Å². The molecule has 0 spiro atoms. The van der Waals surface area contributed by atoms with Gasteiger partial charge in [0.05, 0.1) is 6.54 Å². The minimum Gasteiger partial charge on any atom is -0.367 e. The number of nitrogens with two attached hydrogens (primary N) is 1. The van der Waals surface area contributed by atoms with E-state index in [1.165, 1.54) is 11.1 Å². The van der Waals surface area contributed by atoms with Crippen LogP contribution in [-0.4, -0.2) is 14.8 Å². The number of hydrogen-bond donors (Lipinski definition) is 1. The van der Waals surface area contributed by atoms with Gasteiger partial charge in [-0.15, -0.1) is 5.10 Å². The quantitative estimate of drug-likeness (QED) is 0.783. The molecule has 2 heterocycles.